The van der Waals surface area contributed by atoms with Gasteiger partial charge in [0.15, 0.2) is 0 Å². The van der Waals surface area contributed by atoms with Gasteiger partial charge in [0.1, 0.15) is 11.6 Å². The molecule has 1 N–H and O–H groups in total. The molecule has 0 radical (unpaired) electrons. The Balaban J connectivity index is 1.95. The van der Waals surface area contributed by atoms with Gasteiger partial charge >= 0.3 is 6.01 Å². The predicted octanol–water partition coefficient (Wildman–Crippen LogP) is 3.81. The van der Waals surface area contributed by atoms with E-state index in [-0.39, 0.29) is 11.0 Å². The summed E-state index contributed by atoms with van der Waals surface area (Å²) in [6.07, 6.45) is 3.38. The topological polar surface area (TPSA) is 47.0 Å². The summed E-state index contributed by atoms with van der Waals surface area (Å²) in [7, 11) is 0. The molecule has 1 heterocycles. The smallest absolute Gasteiger partial charge is 0.321 e. The Morgan fingerprint density at radius 1 is 1.29 bits per heavy atom. The van der Waals surface area contributed by atoms with Gasteiger partial charge in [0, 0.05) is 24.5 Å². The highest BCUT2D eigenvalue weighted by atomic mass is 35.5. The summed E-state index contributed by atoms with van der Waals surface area (Å²) >= 11 is 5.88. The van der Waals surface area contributed by atoms with E-state index >= 15 is 0 Å². The Labute approximate surface area is 128 Å². The summed E-state index contributed by atoms with van der Waals surface area (Å²) in [6.45, 7) is 5.93. The van der Waals surface area contributed by atoms with Crippen molar-refractivity contribution in [2.45, 2.75) is 20.4 Å². The molecule has 0 amide bonds. The number of nitrogens with zero attached hydrogens (tertiary/aromatic N) is 2. The molecule has 112 valence electrons. The molecule has 6 heteroatoms. The van der Waals surface area contributed by atoms with Crippen molar-refractivity contribution in [1.29, 1.82) is 0 Å². The van der Waals surface area contributed by atoms with Gasteiger partial charge in [-0.05, 0) is 30.7 Å². The lowest BCUT2D eigenvalue weighted by molar-refractivity contribution is 0.439. The minimum Gasteiger partial charge on any atom is -0.423 e. The van der Waals surface area contributed by atoms with Crippen LogP contribution >= 0.6 is 11.6 Å². The molecular weight excluding hydrogens is 293 g/mol. The molecule has 0 aliphatic carbocycles. The Kier molecular flexibility index (Phi) is 5.47. The van der Waals surface area contributed by atoms with Crippen molar-refractivity contribution in [2.75, 3.05) is 6.54 Å². The van der Waals surface area contributed by atoms with Crippen molar-refractivity contribution in [1.82, 2.24) is 15.3 Å². The quantitative estimate of drug-likeness (QED) is 0.881. The Hall–Kier alpha value is -1.72. The van der Waals surface area contributed by atoms with E-state index in [0.29, 0.717) is 18.2 Å². The van der Waals surface area contributed by atoms with Crippen LogP contribution in [0, 0.1) is 11.7 Å². The predicted molar refractivity (Wildman–Crippen MR) is 80.1 cm³/mol. The average Bonchev–Trinajstić information content (AvgIpc) is 2.43. The molecule has 0 atom stereocenters. The lowest BCUT2D eigenvalue weighted by atomic mass is 10.2. The minimum absolute atomic E-state index is 0.177. The van der Waals surface area contributed by atoms with Gasteiger partial charge in [-0.2, -0.15) is 0 Å². The molecule has 0 saturated carbocycles. The first-order chi connectivity index (χ1) is 10.0. The van der Waals surface area contributed by atoms with Gasteiger partial charge in [0.25, 0.3) is 0 Å². The Bertz CT molecular complexity index is 590. The van der Waals surface area contributed by atoms with Crippen LogP contribution in [0.15, 0.2) is 30.6 Å². The third-order valence-corrected chi connectivity index (χ3v) is 2.95. The molecule has 2 aromatic rings. The van der Waals surface area contributed by atoms with Crippen molar-refractivity contribution in [3.8, 4) is 11.8 Å². The zero-order valence-electron chi connectivity index (χ0n) is 11.9. The maximum atomic E-state index is 12.9. The number of nitrogens with one attached hydrogen (secondary N) is 1. The van der Waals surface area contributed by atoms with E-state index in [1.165, 1.54) is 18.2 Å². The highest BCUT2D eigenvalue weighted by Crippen LogP contribution is 2.27. The van der Waals surface area contributed by atoms with Gasteiger partial charge in [0.05, 0.1) is 5.02 Å². The molecular formula is C15H17ClFN3O. The van der Waals surface area contributed by atoms with Crippen molar-refractivity contribution in [2.24, 2.45) is 5.92 Å². The van der Waals surface area contributed by atoms with E-state index in [2.05, 4.69) is 29.1 Å². The second kappa shape index (κ2) is 7.33. The Morgan fingerprint density at radius 3 is 2.62 bits per heavy atom. The molecule has 0 fully saturated rings. The summed E-state index contributed by atoms with van der Waals surface area (Å²) in [5.74, 6) is 0.498. The van der Waals surface area contributed by atoms with Crippen molar-refractivity contribution < 1.29 is 9.13 Å². The third kappa shape index (κ3) is 4.95. The second-order valence-corrected chi connectivity index (χ2v) is 5.48. The molecule has 1 aromatic heterocycles. The largest absolute Gasteiger partial charge is 0.423 e. The number of halogens is 2. The molecule has 0 aliphatic heterocycles. The molecule has 0 spiro atoms. The van der Waals surface area contributed by atoms with Gasteiger partial charge in [-0.3, -0.25) is 0 Å². The molecule has 1 aromatic carbocycles. The maximum absolute atomic E-state index is 12.9. The fourth-order valence-electron chi connectivity index (χ4n) is 1.65. The van der Waals surface area contributed by atoms with Crippen LogP contribution in [0.1, 0.15) is 19.4 Å². The standard InChI is InChI=1S/C15H17ClFN3O/c1-10(2)6-18-7-11-8-19-15(20-9-11)21-14-4-3-12(17)5-13(14)16/h3-5,8-10,18H,6-7H2,1-2H3. The molecule has 0 saturated heterocycles. The number of benzene rings is 1. The SMILES string of the molecule is CC(C)CNCc1cnc(Oc2ccc(F)cc2Cl)nc1. The van der Waals surface area contributed by atoms with E-state index in [9.17, 15) is 4.39 Å². The normalized spacial score (nSPS) is 10.9. The number of ether oxygens (including phenoxy) is 1. The van der Waals surface area contributed by atoms with Crippen molar-refractivity contribution >= 4 is 11.6 Å². The monoisotopic (exact) mass is 309 g/mol. The van der Waals surface area contributed by atoms with Gasteiger partial charge in [-0.1, -0.05) is 25.4 Å². The number of hydrogen-bond acceptors (Lipinski definition) is 4. The summed E-state index contributed by atoms with van der Waals surface area (Å²) in [6, 6.07) is 4.07. The number of hydrogen-bond donors (Lipinski definition) is 1. The molecule has 21 heavy (non-hydrogen) atoms. The first kappa shape index (κ1) is 15.7. The van der Waals surface area contributed by atoms with Crippen LogP contribution in [-0.2, 0) is 6.54 Å². The van der Waals surface area contributed by atoms with Gasteiger partial charge in [-0.15, -0.1) is 0 Å². The van der Waals surface area contributed by atoms with E-state index in [1.54, 1.807) is 12.4 Å². The summed E-state index contributed by atoms with van der Waals surface area (Å²) in [5, 5.41) is 3.48. The first-order valence-electron chi connectivity index (χ1n) is 6.69. The van der Waals surface area contributed by atoms with Gasteiger partial charge in [0.2, 0.25) is 0 Å². The fourth-order valence-corrected chi connectivity index (χ4v) is 1.85. The van der Waals surface area contributed by atoms with Crippen LogP contribution in [0.25, 0.3) is 0 Å². The second-order valence-electron chi connectivity index (χ2n) is 5.08. The summed E-state index contributed by atoms with van der Waals surface area (Å²) in [4.78, 5) is 8.22. The Morgan fingerprint density at radius 2 is 2.00 bits per heavy atom. The summed E-state index contributed by atoms with van der Waals surface area (Å²) < 4.78 is 18.4. The zero-order chi connectivity index (χ0) is 15.2. The minimum atomic E-state index is -0.417. The zero-order valence-corrected chi connectivity index (χ0v) is 12.7. The molecule has 0 aliphatic rings. The summed E-state index contributed by atoms with van der Waals surface area (Å²) in [5.41, 5.74) is 0.966. The van der Waals surface area contributed by atoms with E-state index in [1.807, 2.05) is 0 Å². The lowest BCUT2D eigenvalue weighted by Gasteiger charge is -2.08. The van der Waals surface area contributed by atoms with Crippen molar-refractivity contribution in [3.63, 3.8) is 0 Å². The van der Waals surface area contributed by atoms with Crippen LogP contribution in [0.4, 0.5) is 4.39 Å². The van der Waals surface area contributed by atoms with Gasteiger partial charge in [-0.25, -0.2) is 14.4 Å². The maximum Gasteiger partial charge on any atom is 0.321 e. The van der Waals surface area contributed by atoms with Gasteiger partial charge < -0.3 is 10.1 Å². The van der Waals surface area contributed by atoms with E-state index < -0.39 is 5.82 Å². The van der Waals surface area contributed by atoms with Crippen LogP contribution < -0.4 is 10.1 Å². The number of aromatic nitrogens is 2. The van der Waals surface area contributed by atoms with Crippen molar-refractivity contribution in [3.05, 3.63) is 47.0 Å². The first-order valence-corrected chi connectivity index (χ1v) is 7.07. The average molecular weight is 310 g/mol. The molecule has 0 bridgehead atoms. The third-order valence-electron chi connectivity index (χ3n) is 2.66. The number of rotatable bonds is 6. The van der Waals surface area contributed by atoms with Crippen LogP contribution in [0.2, 0.25) is 5.02 Å². The van der Waals surface area contributed by atoms with E-state index in [4.69, 9.17) is 16.3 Å². The molecule has 2 rings (SSSR count). The highest BCUT2D eigenvalue weighted by Gasteiger charge is 2.06. The highest BCUT2D eigenvalue weighted by molar-refractivity contribution is 6.32. The fraction of sp³-hybridized carbons (Fsp3) is 0.333. The molecule has 0 unspecified atom stereocenters. The molecule has 4 nitrogen and oxygen atoms in total. The van der Waals surface area contributed by atoms with Crippen LogP contribution in [0.5, 0.6) is 11.8 Å². The van der Waals surface area contributed by atoms with Crippen LogP contribution in [0.3, 0.4) is 0 Å². The van der Waals surface area contributed by atoms with Crippen LogP contribution in [-0.4, -0.2) is 16.5 Å². The van der Waals surface area contributed by atoms with E-state index in [0.717, 1.165) is 12.1 Å². The lowest BCUT2D eigenvalue weighted by Crippen LogP contribution is -2.19.